The number of hydrogen-bond donors (Lipinski definition) is 1. The molecular formula is C35H36Cl3N3O5S. The number of nitrogens with zero attached hydrogens (tertiary/aromatic N) is 2. The van der Waals surface area contributed by atoms with Crippen LogP contribution in [0.25, 0.3) is 0 Å². The summed E-state index contributed by atoms with van der Waals surface area (Å²) in [4.78, 5) is 29.7. The summed E-state index contributed by atoms with van der Waals surface area (Å²) in [5.74, 6) is -0.651. The predicted molar refractivity (Wildman–Crippen MR) is 188 cm³/mol. The molecule has 0 spiro atoms. The summed E-state index contributed by atoms with van der Waals surface area (Å²) in [5, 5.41) is 3.70. The molecule has 0 bridgehead atoms. The summed E-state index contributed by atoms with van der Waals surface area (Å²) in [5.41, 5.74) is 2.44. The highest BCUT2D eigenvalue weighted by molar-refractivity contribution is 7.92. The summed E-state index contributed by atoms with van der Waals surface area (Å²) in [6.45, 7) is 3.50. The molecule has 0 aliphatic rings. The van der Waals surface area contributed by atoms with Gasteiger partial charge in [-0.15, -0.1) is 0 Å². The van der Waals surface area contributed by atoms with Crippen LogP contribution >= 0.6 is 34.8 Å². The SMILES string of the molecule is CCCNC(=O)[C@H](Cc1ccccc1)N(Cc1ccc(Cl)c(Cl)c1)C(=O)CN(c1ccc(OC)c(Cl)c1)S(=O)(=O)c1ccc(C)cc1. The number of halogens is 3. The third-order valence-corrected chi connectivity index (χ3v) is 10.3. The van der Waals surface area contributed by atoms with Gasteiger partial charge in [0.15, 0.2) is 0 Å². The van der Waals surface area contributed by atoms with Gasteiger partial charge in [-0.1, -0.05) is 95.8 Å². The number of hydrogen-bond acceptors (Lipinski definition) is 5. The molecule has 0 fully saturated rings. The minimum atomic E-state index is -4.29. The summed E-state index contributed by atoms with van der Waals surface area (Å²) in [6, 6.07) is 24.1. The highest BCUT2D eigenvalue weighted by atomic mass is 35.5. The first-order valence-corrected chi connectivity index (χ1v) is 17.5. The van der Waals surface area contributed by atoms with E-state index >= 15 is 0 Å². The fraction of sp³-hybridized carbons (Fsp3) is 0.257. The van der Waals surface area contributed by atoms with Crippen molar-refractivity contribution in [3.05, 3.63) is 123 Å². The van der Waals surface area contributed by atoms with Crippen LogP contribution in [0.1, 0.15) is 30.0 Å². The molecule has 1 atom stereocenters. The number of nitrogens with one attached hydrogen (secondary N) is 1. The van der Waals surface area contributed by atoms with Gasteiger partial charge in [0.2, 0.25) is 11.8 Å². The summed E-state index contributed by atoms with van der Waals surface area (Å²) in [7, 11) is -2.85. The summed E-state index contributed by atoms with van der Waals surface area (Å²) in [6.07, 6.45) is 0.869. The van der Waals surface area contributed by atoms with Crippen molar-refractivity contribution in [2.45, 2.75) is 44.2 Å². The van der Waals surface area contributed by atoms with Gasteiger partial charge >= 0.3 is 0 Å². The maximum absolute atomic E-state index is 14.6. The molecule has 4 rings (SSSR count). The quantitative estimate of drug-likeness (QED) is 0.148. The summed E-state index contributed by atoms with van der Waals surface area (Å²) >= 11 is 18.9. The van der Waals surface area contributed by atoms with Crippen molar-refractivity contribution >= 4 is 62.3 Å². The van der Waals surface area contributed by atoms with E-state index in [-0.39, 0.29) is 39.5 Å². The molecule has 2 amide bonds. The molecule has 0 saturated heterocycles. The first-order valence-electron chi connectivity index (χ1n) is 14.9. The topological polar surface area (TPSA) is 96.0 Å². The van der Waals surface area contributed by atoms with Crippen molar-refractivity contribution in [1.82, 2.24) is 10.2 Å². The maximum atomic E-state index is 14.6. The first-order chi connectivity index (χ1) is 22.4. The number of aryl methyl sites for hydroxylation is 1. The van der Waals surface area contributed by atoms with Gasteiger partial charge in [0.1, 0.15) is 18.3 Å². The van der Waals surface area contributed by atoms with Gasteiger partial charge < -0.3 is 15.0 Å². The zero-order chi connectivity index (χ0) is 34.1. The number of sulfonamides is 1. The molecule has 248 valence electrons. The fourth-order valence-electron chi connectivity index (χ4n) is 4.93. The maximum Gasteiger partial charge on any atom is 0.264 e. The normalized spacial score (nSPS) is 11.9. The second kappa shape index (κ2) is 16.4. The van der Waals surface area contributed by atoms with Crippen LogP contribution in [-0.4, -0.2) is 51.4 Å². The molecule has 12 heteroatoms. The Kier molecular flexibility index (Phi) is 12.6. The van der Waals surface area contributed by atoms with Crippen LogP contribution in [0.15, 0.2) is 95.9 Å². The number of carbonyl (C=O) groups excluding carboxylic acids is 2. The molecule has 47 heavy (non-hydrogen) atoms. The molecule has 0 saturated carbocycles. The molecule has 1 N–H and O–H groups in total. The van der Waals surface area contributed by atoms with E-state index in [1.807, 2.05) is 44.2 Å². The standard InChI is InChI=1S/C35H36Cl3N3O5S/c1-4-18-39-35(43)32(20-25-8-6-5-7-9-25)40(22-26-12-16-29(36)30(37)19-26)34(42)23-41(27-13-17-33(46-3)31(38)21-27)47(44,45)28-14-10-24(2)11-15-28/h5-17,19,21,32H,4,18,20,22-23H2,1-3H3,(H,39,43)/t32-/m0/s1. The minimum absolute atomic E-state index is 0.0135. The number of ether oxygens (including phenoxy) is 1. The van der Waals surface area contributed by atoms with Crippen molar-refractivity contribution < 1.29 is 22.7 Å². The van der Waals surface area contributed by atoms with Crippen LogP contribution in [0.5, 0.6) is 5.75 Å². The lowest BCUT2D eigenvalue weighted by Gasteiger charge is -2.34. The van der Waals surface area contributed by atoms with Crippen LogP contribution in [0.3, 0.4) is 0 Å². The predicted octanol–water partition coefficient (Wildman–Crippen LogP) is 7.33. The molecular weight excluding hydrogens is 681 g/mol. The molecule has 0 radical (unpaired) electrons. The van der Waals surface area contributed by atoms with Crippen LogP contribution in [0, 0.1) is 6.92 Å². The minimum Gasteiger partial charge on any atom is -0.495 e. The molecule has 0 unspecified atom stereocenters. The van der Waals surface area contributed by atoms with E-state index in [1.54, 1.807) is 30.3 Å². The van der Waals surface area contributed by atoms with E-state index in [1.165, 1.54) is 42.3 Å². The molecule has 0 aliphatic carbocycles. The zero-order valence-electron chi connectivity index (χ0n) is 26.3. The Hall–Kier alpha value is -3.76. The number of benzene rings is 4. The lowest BCUT2D eigenvalue weighted by molar-refractivity contribution is -0.140. The number of rotatable bonds is 14. The van der Waals surface area contributed by atoms with Crippen molar-refractivity contribution in [2.75, 3.05) is 24.5 Å². The molecule has 8 nitrogen and oxygen atoms in total. The van der Waals surface area contributed by atoms with Gasteiger partial charge in [-0.2, -0.15) is 0 Å². The Labute approximate surface area is 291 Å². The number of anilines is 1. The fourth-order valence-corrected chi connectivity index (χ4v) is 6.91. The number of amides is 2. The van der Waals surface area contributed by atoms with Gasteiger partial charge in [0.05, 0.1) is 32.8 Å². The van der Waals surface area contributed by atoms with Crippen molar-refractivity contribution in [2.24, 2.45) is 0 Å². The molecule has 4 aromatic carbocycles. The Balaban J connectivity index is 1.83. The molecule has 0 heterocycles. The third kappa shape index (κ3) is 9.20. The number of carbonyl (C=O) groups is 2. The van der Waals surface area contributed by atoms with Crippen molar-refractivity contribution in [1.29, 1.82) is 0 Å². The third-order valence-electron chi connectivity index (χ3n) is 7.47. The monoisotopic (exact) mass is 715 g/mol. The van der Waals surface area contributed by atoms with E-state index in [9.17, 15) is 18.0 Å². The summed E-state index contributed by atoms with van der Waals surface area (Å²) < 4.78 is 34.7. The highest BCUT2D eigenvalue weighted by Crippen LogP contribution is 2.32. The molecule has 4 aromatic rings. The average Bonchev–Trinajstić information content (AvgIpc) is 3.06. The van der Waals surface area contributed by atoms with E-state index < -0.39 is 28.5 Å². The second-order valence-corrected chi connectivity index (χ2v) is 14.0. The van der Waals surface area contributed by atoms with Gasteiger partial charge in [-0.05, 0) is 66.9 Å². The van der Waals surface area contributed by atoms with Gasteiger partial charge in [0.25, 0.3) is 10.0 Å². The second-order valence-electron chi connectivity index (χ2n) is 10.9. The van der Waals surface area contributed by atoms with E-state index in [2.05, 4.69) is 5.32 Å². The number of methoxy groups -OCH3 is 1. The van der Waals surface area contributed by atoms with E-state index in [0.717, 1.165) is 15.4 Å². The van der Waals surface area contributed by atoms with Gasteiger partial charge in [-0.25, -0.2) is 8.42 Å². The Morgan fingerprint density at radius 1 is 0.851 bits per heavy atom. The highest BCUT2D eigenvalue weighted by Gasteiger charge is 2.35. The van der Waals surface area contributed by atoms with Crippen LogP contribution in [-0.2, 0) is 32.6 Å². The smallest absolute Gasteiger partial charge is 0.264 e. The van der Waals surface area contributed by atoms with Crippen LogP contribution < -0.4 is 14.4 Å². The first kappa shape index (κ1) is 36.1. The largest absolute Gasteiger partial charge is 0.495 e. The van der Waals surface area contributed by atoms with Crippen molar-refractivity contribution in [3.63, 3.8) is 0 Å². The van der Waals surface area contributed by atoms with E-state index in [4.69, 9.17) is 39.5 Å². The van der Waals surface area contributed by atoms with Crippen molar-refractivity contribution in [3.8, 4) is 5.75 Å². The Morgan fingerprint density at radius 2 is 1.55 bits per heavy atom. The lowest BCUT2D eigenvalue weighted by atomic mass is 10.0. The molecule has 0 aromatic heterocycles. The Bertz CT molecular complexity index is 1810. The van der Waals surface area contributed by atoms with Crippen LogP contribution in [0.4, 0.5) is 5.69 Å². The van der Waals surface area contributed by atoms with Gasteiger partial charge in [0, 0.05) is 19.5 Å². The Morgan fingerprint density at radius 3 is 2.17 bits per heavy atom. The average molecular weight is 717 g/mol. The lowest BCUT2D eigenvalue weighted by Crippen LogP contribution is -2.53. The van der Waals surface area contributed by atoms with Gasteiger partial charge in [-0.3, -0.25) is 13.9 Å². The van der Waals surface area contributed by atoms with Crippen LogP contribution in [0.2, 0.25) is 15.1 Å². The molecule has 0 aliphatic heterocycles. The zero-order valence-corrected chi connectivity index (χ0v) is 29.3. The van der Waals surface area contributed by atoms with E-state index in [0.29, 0.717) is 29.3 Å².